The van der Waals surface area contributed by atoms with Gasteiger partial charge in [-0.25, -0.2) is 4.79 Å². The number of hydrogen-bond acceptors (Lipinski definition) is 1. The lowest BCUT2D eigenvalue weighted by atomic mass is 10.0. The monoisotopic (exact) mass is 319 g/mol. The highest BCUT2D eigenvalue weighted by atomic mass is 16.4. The van der Waals surface area contributed by atoms with E-state index in [9.17, 15) is 4.79 Å². The molecule has 1 aromatic heterocycles. The average molecular weight is 319 g/mol. The second-order valence-corrected chi connectivity index (χ2v) is 6.00. The van der Waals surface area contributed by atoms with E-state index in [4.69, 9.17) is 5.11 Å². The SMILES string of the molecule is CCC(c1ccccc1)n1ccc2cc(C(C)=CC(=O)O)ccc21. The van der Waals surface area contributed by atoms with Gasteiger partial charge in [0, 0.05) is 23.2 Å². The molecular weight excluding hydrogens is 298 g/mol. The highest BCUT2D eigenvalue weighted by Crippen LogP contribution is 2.29. The number of carboxylic acid groups (broad SMARTS) is 1. The maximum atomic E-state index is 10.9. The molecule has 3 heteroatoms. The van der Waals surface area contributed by atoms with Crippen molar-refractivity contribution >= 4 is 22.4 Å². The predicted molar refractivity (Wildman–Crippen MR) is 98.1 cm³/mol. The Morgan fingerprint density at radius 3 is 2.58 bits per heavy atom. The molecule has 0 radical (unpaired) electrons. The Morgan fingerprint density at radius 1 is 1.17 bits per heavy atom. The summed E-state index contributed by atoms with van der Waals surface area (Å²) in [6.07, 6.45) is 4.37. The van der Waals surface area contributed by atoms with Crippen LogP contribution in [0.1, 0.15) is 37.4 Å². The summed E-state index contributed by atoms with van der Waals surface area (Å²) < 4.78 is 2.30. The van der Waals surface area contributed by atoms with Crippen molar-refractivity contribution in [1.82, 2.24) is 4.57 Å². The van der Waals surface area contributed by atoms with Crippen LogP contribution in [0.5, 0.6) is 0 Å². The zero-order chi connectivity index (χ0) is 17.1. The van der Waals surface area contributed by atoms with Crippen LogP contribution in [-0.2, 0) is 4.79 Å². The topological polar surface area (TPSA) is 42.2 Å². The number of rotatable bonds is 5. The Labute approximate surface area is 141 Å². The van der Waals surface area contributed by atoms with Gasteiger partial charge in [-0.1, -0.05) is 43.3 Å². The molecule has 1 unspecified atom stereocenters. The Balaban J connectivity index is 2.04. The van der Waals surface area contributed by atoms with Gasteiger partial charge in [-0.15, -0.1) is 0 Å². The van der Waals surface area contributed by atoms with Crippen LogP contribution in [0.2, 0.25) is 0 Å². The molecule has 3 aromatic rings. The van der Waals surface area contributed by atoms with Crippen molar-refractivity contribution in [2.75, 3.05) is 0 Å². The second-order valence-electron chi connectivity index (χ2n) is 6.00. The van der Waals surface area contributed by atoms with Crippen molar-refractivity contribution in [3.8, 4) is 0 Å². The Kier molecular flexibility index (Phi) is 4.52. The number of benzene rings is 2. The summed E-state index contributed by atoms with van der Waals surface area (Å²) in [5, 5.41) is 10.0. The second kappa shape index (κ2) is 6.75. The summed E-state index contributed by atoms with van der Waals surface area (Å²) in [6, 6.07) is 19.0. The quantitative estimate of drug-likeness (QED) is 0.663. The third kappa shape index (κ3) is 3.11. The minimum Gasteiger partial charge on any atom is -0.478 e. The molecular formula is C21H21NO2. The number of hydrogen-bond donors (Lipinski definition) is 1. The van der Waals surface area contributed by atoms with Crippen molar-refractivity contribution in [1.29, 1.82) is 0 Å². The summed E-state index contributed by atoms with van der Waals surface area (Å²) in [4.78, 5) is 10.9. The number of aliphatic carboxylic acids is 1. The number of nitrogens with zero attached hydrogens (tertiary/aromatic N) is 1. The number of carboxylic acids is 1. The Morgan fingerprint density at radius 2 is 1.92 bits per heavy atom. The molecule has 0 fully saturated rings. The fourth-order valence-corrected chi connectivity index (χ4v) is 3.22. The van der Waals surface area contributed by atoms with Gasteiger partial charge >= 0.3 is 5.97 Å². The average Bonchev–Trinajstić information content (AvgIpc) is 2.99. The summed E-state index contributed by atoms with van der Waals surface area (Å²) in [5.41, 5.74) is 4.16. The Hall–Kier alpha value is -2.81. The smallest absolute Gasteiger partial charge is 0.328 e. The van der Waals surface area contributed by atoms with Crippen LogP contribution < -0.4 is 0 Å². The molecule has 1 heterocycles. The van der Waals surface area contributed by atoms with E-state index in [0.717, 1.165) is 28.5 Å². The molecule has 2 aromatic carbocycles. The molecule has 0 aliphatic heterocycles. The third-order valence-electron chi connectivity index (χ3n) is 4.42. The van der Waals surface area contributed by atoms with E-state index < -0.39 is 5.97 Å². The maximum Gasteiger partial charge on any atom is 0.328 e. The molecule has 0 amide bonds. The minimum absolute atomic E-state index is 0.296. The first-order valence-electron chi connectivity index (χ1n) is 8.17. The minimum atomic E-state index is -0.916. The van der Waals surface area contributed by atoms with Crippen molar-refractivity contribution in [2.24, 2.45) is 0 Å². The van der Waals surface area contributed by atoms with Gasteiger partial charge in [-0.3, -0.25) is 0 Å². The van der Waals surface area contributed by atoms with Crippen LogP contribution in [0, 0.1) is 0 Å². The zero-order valence-corrected chi connectivity index (χ0v) is 13.9. The van der Waals surface area contributed by atoms with E-state index in [1.54, 1.807) is 0 Å². The fraction of sp³-hybridized carbons (Fsp3) is 0.190. The third-order valence-corrected chi connectivity index (χ3v) is 4.42. The molecule has 1 atom stereocenters. The number of fused-ring (bicyclic) bond motifs is 1. The van der Waals surface area contributed by atoms with Gasteiger partial charge in [-0.05, 0) is 48.2 Å². The van der Waals surface area contributed by atoms with Crippen LogP contribution in [0.4, 0.5) is 0 Å². The molecule has 0 saturated heterocycles. The molecule has 0 bridgehead atoms. The van der Waals surface area contributed by atoms with Crippen LogP contribution in [0.15, 0.2) is 66.9 Å². The van der Waals surface area contributed by atoms with Crippen molar-refractivity contribution in [3.05, 3.63) is 78.0 Å². The number of aromatic nitrogens is 1. The molecule has 1 N–H and O–H groups in total. The van der Waals surface area contributed by atoms with Gasteiger partial charge in [0.2, 0.25) is 0 Å². The number of allylic oxidation sites excluding steroid dienone is 1. The zero-order valence-electron chi connectivity index (χ0n) is 13.9. The van der Waals surface area contributed by atoms with Gasteiger partial charge in [0.05, 0.1) is 6.04 Å². The van der Waals surface area contributed by atoms with E-state index >= 15 is 0 Å². The van der Waals surface area contributed by atoms with E-state index in [2.05, 4.69) is 60.2 Å². The fourth-order valence-electron chi connectivity index (χ4n) is 3.22. The molecule has 0 spiro atoms. The first-order chi connectivity index (χ1) is 11.6. The summed E-state index contributed by atoms with van der Waals surface area (Å²) in [7, 11) is 0. The molecule has 3 rings (SSSR count). The molecule has 3 nitrogen and oxygen atoms in total. The van der Waals surface area contributed by atoms with E-state index in [0.29, 0.717) is 6.04 Å². The highest BCUT2D eigenvalue weighted by Gasteiger charge is 2.13. The first kappa shape index (κ1) is 16.1. The lowest BCUT2D eigenvalue weighted by molar-refractivity contribution is -0.131. The van der Waals surface area contributed by atoms with Crippen molar-refractivity contribution in [3.63, 3.8) is 0 Å². The standard InChI is InChI=1S/C21H21NO2/c1-3-19(16-7-5-4-6-8-16)22-12-11-18-14-17(9-10-20(18)22)15(2)13-21(23)24/h4-14,19H,3H2,1-2H3,(H,23,24). The largest absolute Gasteiger partial charge is 0.478 e. The van der Waals surface area contributed by atoms with Crippen LogP contribution in [0.25, 0.3) is 16.5 Å². The molecule has 0 aliphatic rings. The van der Waals surface area contributed by atoms with Gasteiger partial charge in [-0.2, -0.15) is 0 Å². The summed E-state index contributed by atoms with van der Waals surface area (Å²) >= 11 is 0. The van der Waals surface area contributed by atoms with Crippen LogP contribution in [0.3, 0.4) is 0 Å². The summed E-state index contributed by atoms with van der Waals surface area (Å²) in [5.74, 6) is -0.916. The van der Waals surface area contributed by atoms with Crippen LogP contribution >= 0.6 is 0 Å². The van der Waals surface area contributed by atoms with Gasteiger partial charge in [0.15, 0.2) is 0 Å². The summed E-state index contributed by atoms with van der Waals surface area (Å²) in [6.45, 7) is 4.02. The highest BCUT2D eigenvalue weighted by molar-refractivity contribution is 5.92. The molecule has 0 saturated carbocycles. The van der Waals surface area contributed by atoms with E-state index in [1.807, 2.05) is 19.1 Å². The van der Waals surface area contributed by atoms with Crippen molar-refractivity contribution in [2.45, 2.75) is 26.3 Å². The number of carbonyl (C=O) groups is 1. The predicted octanol–water partition coefficient (Wildman–Crippen LogP) is 5.13. The Bertz CT molecular complexity index is 891. The maximum absolute atomic E-state index is 10.9. The normalized spacial score (nSPS) is 13.2. The first-order valence-corrected chi connectivity index (χ1v) is 8.17. The van der Waals surface area contributed by atoms with E-state index in [1.165, 1.54) is 11.6 Å². The van der Waals surface area contributed by atoms with Crippen LogP contribution in [-0.4, -0.2) is 15.6 Å². The molecule has 122 valence electrons. The lowest BCUT2D eigenvalue weighted by Crippen LogP contribution is -2.08. The van der Waals surface area contributed by atoms with E-state index in [-0.39, 0.29) is 0 Å². The molecule has 0 aliphatic carbocycles. The lowest BCUT2D eigenvalue weighted by Gasteiger charge is -2.19. The van der Waals surface area contributed by atoms with Gasteiger partial charge in [0.1, 0.15) is 0 Å². The van der Waals surface area contributed by atoms with Crippen molar-refractivity contribution < 1.29 is 9.90 Å². The van der Waals surface area contributed by atoms with Gasteiger partial charge in [0.25, 0.3) is 0 Å². The van der Waals surface area contributed by atoms with Gasteiger partial charge < -0.3 is 9.67 Å². The molecule has 24 heavy (non-hydrogen) atoms.